The van der Waals surface area contributed by atoms with E-state index in [9.17, 15) is 22.6 Å². The van der Waals surface area contributed by atoms with Gasteiger partial charge in [0, 0.05) is 28.1 Å². The van der Waals surface area contributed by atoms with Crippen LogP contribution in [0.15, 0.2) is 58.9 Å². The topological polar surface area (TPSA) is 53.8 Å². The standard InChI is InChI=1S/C20H15F3N2OS3/c21-20(22,23)16-11-17(18-7-4-8-27-18)25-19(15(16)12-24)28-9-10-29(26)13-14-5-2-1-3-6-14/h1-8,11H,9-10,13H2. The van der Waals surface area contributed by atoms with E-state index in [0.717, 1.165) is 23.4 Å². The number of nitrogens with zero attached hydrogens (tertiary/aromatic N) is 2. The number of thioether (sulfide) groups is 1. The van der Waals surface area contributed by atoms with Crippen molar-refractivity contribution in [1.29, 1.82) is 5.26 Å². The minimum Gasteiger partial charge on any atom is -0.259 e. The molecule has 0 bridgehead atoms. The zero-order chi connectivity index (χ0) is 20.9. The van der Waals surface area contributed by atoms with Crippen LogP contribution in [0.3, 0.4) is 0 Å². The van der Waals surface area contributed by atoms with Crippen molar-refractivity contribution in [3.63, 3.8) is 0 Å². The molecule has 2 aromatic heterocycles. The fraction of sp³-hybridized carbons (Fsp3) is 0.200. The maximum absolute atomic E-state index is 13.5. The normalized spacial score (nSPS) is 12.5. The molecule has 3 rings (SSSR count). The summed E-state index contributed by atoms with van der Waals surface area (Å²) in [5, 5.41) is 11.1. The van der Waals surface area contributed by atoms with Crippen molar-refractivity contribution in [3.05, 3.63) is 70.6 Å². The van der Waals surface area contributed by atoms with Gasteiger partial charge in [-0.15, -0.1) is 23.1 Å². The molecule has 2 heterocycles. The summed E-state index contributed by atoms with van der Waals surface area (Å²) in [4.78, 5) is 4.89. The van der Waals surface area contributed by atoms with Crippen molar-refractivity contribution in [2.45, 2.75) is 17.0 Å². The second-order valence-corrected chi connectivity index (χ2v) is 9.55. The van der Waals surface area contributed by atoms with E-state index in [1.807, 2.05) is 30.3 Å². The van der Waals surface area contributed by atoms with E-state index in [0.29, 0.717) is 16.4 Å². The van der Waals surface area contributed by atoms with Crippen molar-refractivity contribution < 1.29 is 17.4 Å². The number of hydrogen-bond acceptors (Lipinski definition) is 5. The second-order valence-electron chi connectivity index (χ2n) is 5.94. The summed E-state index contributed by atoms with van der Waals surface area (Å²) < 4.78 is 52.8. The molecule has 150 valence electrons. The first-order valence-corrected chi connectivity index (χ1v) is 11.8. The monoisotopic (exact) mass is 452 g/mol. The Bertz CT molecular complexity index is 1030. The number of alkyl halides is 3. The Hall–Kier alpha value is -2.15. The highest BCUT2D eigenvalue weighted by Gasteiger charge is 2.36. The molecular formula is C20H15F3N2OS3. The molecule has 0 spiro atoms. The average Bonchev–Trinajstić information content (AvgIpc) is 3.22. The molecule has 1 unspecified atom stereocenters. The molecule has 0 aliphatic rings. The van der Waals surface area contributed by atoms with E-state index in [4.69, 9.17) is 0 Å². The molecule has 0 amide bonds. The van der Waals surface area contributed by atoms with E-state index in [2.05, 4.69) is 4.98 Å². The maximum Gasteiger partial charge on any atom is 0.417 e. The molecule has 0 aliphatic carbocycles. The number of rotatable bonds is 7. The van der Waals surface area contributed by atoms with Crippen molar-refractivity contribution in [2.24, 2.45) is 0 Å². The minimum atomic E-state index is -4.66. The number of halogens is 3. The van der Waals surface area contributed by atoms with Crippen LogP contribution in [0.1, 0.15) is 16.7 Å². The average molecular weight is 453 g/mol. The summed E-state index contributed by atoms with van der Waals surface area (Å²) in [6, 6.07) is 15.3. The van der Waals surface area contributed by atoms with Crippen LogP contribution in [0.25, 0.3) is 10.6 Å². The molecule has 0 saturated heterocycles. The summed E-state index contributed by atoms with van der Waals surface area (Å²) in [5.41, 5.74) is -0.368. The van der Waals surface area contributed by atoms with Gasteiger partial charge in [0.25, 0.3) is 0 Å². The molecule has 3 nitrogen and oxygen atoms in total. The quantitative estimate of drug-likeness (QED) is 0.429. The number of nitriles is 1. The Labute approximate surface area is 177 Å². The third-order valence-corrected chi connectivity index (χ3v) is 7.34. The van der Waals surface area contributed by atoms with Crippen LogP contribution in [-0.2, 0) is 22.7 Å². The van der Waals surface area contributed by atoms with Gasteiger partial charge < -0.3 is 0 Å². The fourth-order valence-corrected chi connectivity index (χ4v) is 5.70. The number of benzene rings is 1. The molecular weight excluding hydrogens is 437 g/mol. The first-order chi connectivity index (χ1) is 13.9. The first kappa shape index (κ1) is 21.6. The lowest BCUT2D eigenvalue weighted by Gasteiger charge is -2.13. The summed E-state index contributed by atoms with van der Waals surface area (Å²) in [6.45, 7) is 0. The Balaban J connectivity index is 1.79. The molecule has 1 atom stereocenters. The minimum absolute atomic E-state index is 0.0161. The molecule has 0 aliphatic heterocycles. The lowest BCUT2D eigenvalue weighted by Crippen LogP contribution is -2.11. The van der Waals surface area contributed by atoms with E-state index in [1.54, 1.807) is 23.6 Å². The van der Waals surface area contributed by atoms with Gasteiger partial charge in [-0.3, -0.25) is 4.21 Å². The van der Waals surface area contributed by atoms with Gasteiger partial charge in [-0.2, -0.15) is 18.4 Å². The lowest BCUT2D eigenvalue weighted by molar-refractivity contribution is -0.138. The molecule has 0 fully saturated rings. The molecule has 0 N–H and O–H groups in total. The predicted octanol–water partition coefficient (Wildman–Crippen LogP) is 5.74. The number of thiophene rings is 1. The molecule has 3 aromatic rings. The summed E-state index contributed by atoms with van der Waals surface area (Å²) >= 11 is 2.31. The summed E-state index contributed by atoms with van der Waals surface area (Å²) in [5.74, 6) is 0.964. The third kappa shape index (κ3) is 5.69. The van der Waals surface area contributed by atoms with Gasteiger partial charge in [0.05, 0.1) is 21.7 Å². The van der Waals surface area contributed by atoms with E-state index >= 15 is 0 Å². The second kappa shape index (κ2) is 9.57. The zero-order valence-corrected chi connectivity index (χ0v) is 17.4. The van der Waals surface area contributed by atoms with Gasteiger partial charge >= 0.3 is 6.18 Å². The Morgan fingerprint density at radius 1 is 1.17 bits per heavy atom. The van der Waals surface area contributed by atoms with Crippen LogP contribution < -0.4 is 0 Å². The predicted molar refractivity (Wildman–Crippen MR) is 111 cm³/mol. The number of aromatic nitrogens is 1. The van der Waals surface area contributed by atoms with Crippen molar-refractivity contribution in [2.75, 3.05) is 11.5 Å². The van der Waals surface area contributed by atoms with Gasteiger partial charge in [0.15, 0.2) is 0 Å². The molecule has 9 heteroatoms. The fourth-order valence-electron chi connectivity index (χ4n) is 2.57. The van der Waals surface area contributed by atoms with E-state index < -0.39 is 28.1 Å². The van der Waals surface area contributed by atoms with Crippen LogP contribution in [0.5, 0.6) is 0 Å². The highest BCUT2D eigenvalue weighted by Crippen LogP contribution is 2.38. The molecule has 29 heavy (non-hydrogen) atoms. The van der Waals surface area contributed by atoms with Crippen LogP contribution >= 0.6 is 23.1 Å². The van der Waals surface area contributed by atoms with Gasteiger partial charge in [0.2, 0.25) is 0 Å². The molecule has 1 aromatic carbocycles. The van der Waals surface area contributed by atoms with Gasteiger partial charge in [-0.25, -0.2) is 4.98 Å². The Morgan fingerprint density at radius 2 is 1.93 bits per heavy atom. The van der Waals surface area contributed by atoms with Crippen LogP contribution in [0.2, 0.25) is 0 Å². The highest BCUT2D eigenvalue weighted by atomic mass is 32.2. The molecule has 0 saturated carbocycles. The van der Waals surface area contributed by atoms with E-state index in [-0.39, 0.29) is 16.5 Å². The number of hydrogen-bond donors (Lipinski definition) is 0. The van der Waals surface area contributed by atoms with Crippen LogP contribution in [0.4, 0.5) is 13.2 Å². The lowest BCUT2D eigenvalue weighted by atomic mass is 10.1. The Kier molecular flexibility index (Phi) is 7.11. The Morgan fingerprint density at radius 3 is 2.55 bits per heavy atom. The van der Waals surface area contributed by atoms with Crippen LogP contribution in [0, 0.1) is 11.3 Å². The van der Waals surface area contributed by atoms with Gasteiger partial charge in [-0.05, 0) is 23.1 Å². The maximum atomic E-state index is 13.5. The third-order valence-electron chi connectivity index (χ3n) is 3.90. The summed E-state index contributed by atoms with van der Waals surface area (Å²) in [7, 11) is -1.16. The smallest absolute Gasteiger partial charge is 0.259 e. The van der Waals surface area contributed by atoms with Crippen molar-refractivity contribution >= 4 is 33.9 Å². The zero-order valence-electron chi connectivity index (χ0n) is 15.0. The largest absolute Gasteiger partial charge is 0.417 e. The van der Waals surface area contributed by atoms with Gasteiger partial charge in [0.1, 0.15) is 11.1 Å². The van der Waals surface area contributed by atoms with Crippen molar-refractivity contribution in [3.8, 4) is 16.6 Å². The first-order valence-electron chi connectivity index (χ1n) is 8.46. The SMILES string of the molecule is N#Cc1c(C(F)(F)F)cc(-c2cccs2)nc1SCCS(=O)Cc1ccccc1. The summed E-state index contributed by atoms with van der Waals surface area (Å²) in [6.07, 6.45) is -4.66. The van der Waals surface area contributed by atoms with Crippen molar-refractivity contribution in [1.82, 2.24) is 4.98 Å². The highest BCUT2D eigenvalue weighted by molar-refractivity contribution is 8.00. The molecule has 0 radical (unpaired) electrons. The van der Waals surface area contributed by atoms with Crippen LogP contribution in [-0.4, -0.2) is 20.7 Å². The van der Waals surface area contributed by atoms with E-state index in [1.165, 1.54) is 11.3 Å². The van der Waals surface area contributed by atoms with Gasteiger partial charge in [-0.1, -0.05) is 36.4 Å². The number of pyridine rings is 1.